The molecule has 1 heterocycles. The molecular formula is C11H16N2O2S. The van der Waals surface area contributed by atoms with Crippen molar-refractivity contribution >= 4 is 23.0 Å². The van der Waals surface area contributed by atoms with Crippen LogP contribution in [0.3, 0.4) is 0 Å². The molecule has 0 aliphatic heterocycles. The van der Waals surface area contributed by atoms with Crippen LogP contribution < -0.4 is 5.73 Å². The van der Waals surface area contributed by atoms with Crippen LogP contribution in [-0.4, -0.2) is 36.2 Å². The maximum absolute atomic E-state index is 11.9. The highest BCUT2D eigenvalue weighted by atomic mass is 32.1. The third-order valence-electron chi connectivity index (χ3n) is 2.33. The van der Waals surface area contributed by atoms with Gasteiger partial charge < -0.3 is 10.6 Å². The maximum Gasteiger partial charge on any atom is 0.263 e. The van der Waals surface area contributed by atoms with E-state index in [1.165, 1.54) is 11.3 Å². The molecule has 0 saturated carbocycles. The molecular weight excluding hydrogens is 224 g/mol. The summed E-state index contributed by atoms with van der Waals surface area (Å²) in [7, 11) is 0. The van der Waals surface area contributed by atoms with Gasteiger partial charge in [-0.15, -0.1) is 11.3 Å². The molecule has 1 rings (SSSR count). The summed E-state index contributed by atoms with van der Waals surface area (Å²) in [5.74, 6) is -0.144. The van der Waals surface area contributed by atoms with Gasteiger partial charge in [-0.2, -0.15) is 0 Å². The average Bonchev–Trinajstić information content (AvgIpc) is 2.78. The van der Waals surface area contributed by atoms with E-state index in [0.717, 1.165) is 0 Å². The second-order valence-corrected chi connectivity index (χ2v) is 4.35. The van der Waals surface area contributed by atoms with Crippen LogP contribution >= 0.6 is 11.3 Å². The molecule has 0 fully saturated rings. The molecule has 0 saturated heterocycles. The van der Waals surface area contributed by atoms with Crippen LogP contribution in [0.4, 0.5) is 0 Å². The fraction of sp³-hybridized carbons (Fsp3) is 0.455. The first-order valence-corrected chi connectivity index (χ1v) is 6.08. The van der Waals surface area contributed by atoms with Gasteiger partial charge in [0.1, 0.15) is 0 Å². The number of rotatable bonds is 5. The Bertz CT molecular complexity index is 383. The monoisotopic (exact) mass is 240 g/mol. The summed E-state index contributed by atoms with van der Waals surface area (Å²) in [4.78, 5) is 26.1. The first kappa shape index (κ1) is 12.9. The molecule has 0 atom stereocenters. The molecule has 0 bridgehead atoms. The Kier molecular flexibility index (Phi) is 4.64. The molecule has 0 aliphatic carbocycles. The van der Waals surface area contributed by atoms with Gasteiger partial charge in [-0.05, 0) is 26.0 Å². The van der Waals surface area contributed by atoms with Gasteiger partial charge in [0.25, 0.3) is 5.91 Å². The first-order valence-electron chi connectivity index (χ1n) is 5.26. The number of ketones is 1. The first-order chi connectivity index (χ1) is 7.63. The Morgan fingerprint density at radius 3 is 2.31 bits per heavy atom. The Morgan fingerprint density at radius 2 is 1.81 bits per heavy atom. The minimum absolute atomic E-state index is 0.0145. The van der Waals surface area contributed by atoms with Crippen molar-refractivity contribution in [2.45, 2.75) is 13.8 Å². The van der Waals surface area contributed by atoms with Crippen LogP contribution in [0.5, 0.6) is 0 Å². The van der Waals surface area contributed by atoms with E-state index in [0.29, 0.717) is 22.8 Å². The summed E-state index contributed by atoms with van der Waals surface area (Å²) in [6, 6.07) is 3.35. The second-order valence-electron chi connectivity index (χ2n) is 3.27. The zero-order valence-corrected chi connectivity index (χ0v) is 10.3. The highest BCUT2D eigenvalue weighted by Gasteiger charge is 2.16. The fourth-order valence-corrected chi connectivity index (χ4v) is 2.29. The van der Waals surface area contributed by atoms with Gasteiger partial charge in [0, 0.05) is 13.1 Å². The number of carbonyl (C=O) groups excluding carboxylic acids is 2. The smallest absolute Gasteiger partial charge is 0.263 e. The summed E-state index contributed by atoms with van der Waals surface area (Å²) < 4.78 is 0. The summed E-state index contributed by atoms with van der Waals surface area (Å²) in [6.45, 7) is 5.20. The van der Waals surface area contributed by atoms with E-state index >= 15 is 0 Å². The molecule has 0 aliphatic rings. The van der Waals surface area contributed by atoms with Crippen molar-refractivity contribution < 1.29 is 9.59 Å². The van der Waals surface area contributed by atoms with Gasteiger partial charge in [-0.1, -0.05) is 0 Å². The quantitative estimate of drug-likeness (QED) is 0.791. The fourth-order valence-electron chi connectivity index (χ4n) is 1.37. The van der Waals surface area contributed by atoms with E-state index in [1.807, 2.05) is 13.8 Å². The molecule has 1 amide bonds. The van der Waals surface area contributed by atoms with E-state index in [9.17, 15) is 9.59 Å². The topological polar surface area (TPSA) is 63.4 Å². The number of nitrogens with zero attached hydrogens (tertiary/aromatic N) is 1. The molecule has 0 aromatic carbocycles. The number of amides is 1. The largest absolute Gasteiger partial charge is 0.339 e. The number of nitrogens with two attached hydrogens (primary N) is 1. The van der Waals surface area contributed by atoms with Crippen molar-refractivity contribution in [1.82, 2.24) is 4.90 Å². The summed E-state index contributed by atoms with van der Waals surface area (Å²) in [5, 5.41) is 0. The highest BCUT2D eigenvalue weighted by molar-refractivity contribution is 7.16. The number of hydrogen-bond donors (Lipinski definition) is 1. The summed E-state index contributed by atoms with van der Waals surface area (Å²) in [6.07, 6.45) is 0. The SMILES string of the molecule is CCN(CC)C(=O)c1ccc(C(=O)CN)s1. The molecule has 0 radical (unpaired) electrons. The molecule has 4 nitrogen and oxygen atoms in total. The van der Waals surface area contributed by atoms with Gasteiger partial charge in [-0.25, -0.2) is 0 Å². The van der Waals surface area contributed by atoms with Gasteiger partial charge in [0.05, 0.1) is 16.3 Å². The third-order valence-corrected chi connectivity index (χ3v) is 3.44. The number of Topliss-reactive ketones (excluding diaryl/α,β-unsaturated/α-hetero) is 1. The minimum Gasteiger partial charge on any atom is -0.339 e. The van der Waals surface area contributed by atoms with Crippen molar-refractivity contribution in [2.75, 3.05) is 19.6 Å². The van der Waals surface area contributed by atoms with Crippen molar-refractivity contribution in [1.29, 1.82) is 0 Å². The van der Waals surface area contributed by atoms with Crippen molar-refractivity contribution in [2.24, 2.45) is 5.73 Å². The van der Waals surface area contributed by atoms with Crippen LogP contribution in [0.25, 0.3) is 0 Å². The van der Waals surface area contributed by atoms with Crippen LogP contribution in [0.15, 0.2) is 12.1 Å². The summed E-state index contributed by atoms with van der Waals surface area (Å²) in [5.41, 5.74) is 5.26. The third kappa shape index (κ3) is 2.68. The molecule has 5 heteroatoms. The predicted molar refractivity (Wildman–Crippen MR) is 65.0 cm³/mol. The van der Waals surface area contributed by atoms with Gasteiger partial charge in [-0.3, -0.25) is 9.59 Å². The molecule has 88 valence electrons. The molecule has 2 N–H and O–H groups in total. The molecule has 0 unspecified atom stereocenters. The van der Waals surface area contributed by atoms with Crippen LogP contribution in [-0.2, 0) is 0 Å². The predicted octanol–water partition coefficient (Wildman–Crippen LogP) is 1.37. The Morgan fingerprint density at radius 1 is 1.25 bits per heavy atom. The number of thiophene rings is 1. The van der Waals surface area contributed by atoms with Gasteiger partial charge in [0.15, 0.2) is 5.78 Å². The zero-order chi connectivity index (χ0) is 12.1. The lowest BCUT2D eigenvalue weighted by atomic mass is 10.3. The van der Waals surface area contributed by atoms with E-state index in [-0.39, 0.29) is 18.2 Å². The van der Waals surface area contributed by atoms with E-state index in [1.54, 1.807) is 17.0 Å². The summed E-state index contributed by atoms with van der Waals surface area (Å²) >= 11 is 1.21. The average molecular weight is 240 g/mol. The van der Waals surface area contributed by atoms with E-state index < -0.39 is 0 Å². The van der Waals surface area contributed by atoms with Crippen LogP contribution in [0.2, 0.25) is 0 Å². The molecule has 16 heavy (non-hydrogen) atoms. The molecule has 1 aromatic heterocycles. The molecule has 0 spiro atoms. The second kappa shape index (κ2) is 5.77. The number of carbonyl (C=O) groups is 2. The Hall–Kier alpha value is -1.20. The zero-order valence-electron chi connectivity index (χ0n) is 9.53. The minimum atomic E-state index is -0.122. The van der Waals surface area contributed by atoms with Crippen LogP contribution in [0, 0.1) is 0 Å². The maximum atomic E-state index is 11.9. The lowest BCUT2D eigenvalue weighted by molar-refractivity contribution is 0.0777. The van der Waals surface area contributed by atoms with E-state index in [2.05, 4.69) is 0 Å². The Balaban J connectivity index is 2.85. The lowest BCUT2D eigenvalue weighted by Gasteiger charge is -2.17. The van der Waals surface area contributed by atoms with Crippen LogP contribution in [0.1, 0.15) is 33.2 Å². The highest BCUT2D eigenvalue weighted by Crippen LogP contribution is 2.18. The lowest BCUT2D eigenvalue weighted by Crippen LogP contribution is -2.29. The van der Waals surface area contributed by atoms with Crippen molar-refractivity contribution in [3.63, 3.8) is 0 Å². The van der Waals surface area contributed by atoms with Gasteiger partial charge >= 0.3 is 0 Å². The molecule has 1 aromatic rings. The van der Waals surface area contributed by atoms with E-state index in [4.69, 9.17) is 5.73 Å². The Labute approximate surface area is 99.0 Å². The van der Waals surface area contributed by atoms with Gasteiger partial charge in [0.2, 0.25) is 0 Å². The standard InChI is InChI=1S/C11H16N2O2S/c1-3-13(4-2)11(15)10-6-5-9(16-10)8(14)7-12/h5-6H,3-4,7,12H2,1-2H3. The van der Waals surface area contributed by atoms with Crippen molar-refractivity contribution in [3.8, 4) is 0 Å². The normalized spacial score (nSPS) is 10.2. The number of hydrogen-bond acceptors (Lipinski definition) is 4. The van der Waals surface area contributed by atoms with Crippen molar-refractivity contribution in [3.05, 3.63) is 21.9 Å².